The van der Waals surface area contributed by atoms with Crippen LogP contribution >= 0.6 is 0 Å². The standard InChI is InChI=1S/C20H28O/c1-12-4-5-14-13(10-12)11-20(3)18-15(14)8-9-19(2)16(18)6-7-17(19)21-20/h10,14-18H,1,4-9,11H2,2-3H3/t14-,15+,16?,17?,18?,19-,20?/m0/s1. The second kappa shape index (κ2) is 3.85. The van der Waals surface area contributed by atoms with Crippen LogP contribution < -0.4 is 0 Å². The van der Waals surface area contributed by atoms with Gasteiger partial charge in [-0.05, 0) is 81.0 Å². The van der Waals surface area contributed by atoms with Crippen molar-refractivity contribution < 1.29 is 4.74 Å². The molecule has 0 aromatic rings. The zero-order chi connectivity index (χ0) is 14.4. The van der Waals surface area contributed by atoms with Crippen molar-refractivity contribution in [3.63, 3.8) is 0 Å². The number of hydrogen-bond acceptors (Lipinski definition) is 1. The fraction of sp³-hybridized carbons (Fsp3) is 0.800. The van der Waals surface area contributed by atoms with E-state index in [0.717, 1.165) is 23.7 Å². The minimum atomic E-state index is 0.121. The maximum atomic E-state index is 6.82. The molecule has 1 heteroatoms. The summed E-state index contributed by atoms with van der Waals surface area (Å²) in [4.78, 5) is 0. The Morgan fingerprint density at radius 1 is 1.19 bits per heavy atom. The van der Waals surface area contributed by atoms with Gasteiger partial charge in [-0.3, -0.25) is 0 Å². The lowest BCUT2D eigenvalue weighted by atomic mass is 9.47. The number of fused-ring (bicyclic) bond motifs is 2. The van der Waals surface area contributed by atoms with Gasteiger partial charge >= 0.3 is 0 Å². The Morgan fingerprint density at radius 3 is 2.90 bits per heavy atom. The maximum absolute atomic E-state index is 6.82. The van der Waals surface area contributed by atoms with Crippen LogP contribution in [0, 0.1) is 29.1 Å². The zero-order valence-electron chi connectivity index (χ0n) is 13.5. The highest BCUT2D eigenvalue weighted by molar-refractivity contribution is 5.33. The number of hydrogen-bond donors (Lipinski definition) is 0. The minimum Gasteiger partial charge on any atom is -0.371 e. The van der Waals surface area contributed by atoms with Crippen LogP contribution in [0.5, 0.6) is 0 Å². The second-order valence-corrected chi connectivity index (χ2v) is 9.04. The summed E-state index contributed by atoms with van der Waals surface area (Å²) in [5.41, 5.74) is 3.65. The molecule has 1 aliphatic heterocycles. The smallest absolute Gasteiger partial charge is 0.0729 e. The molecule has 114 valence electrons. The van der Waals surface area contributed by atoms with E-state index in [-0.39, 0.29) is 5.60 Å². The molecule has 0 amide bonds. The van der Waals surface area contributed by atoms with E-state index in [2.05, 4.69) is 26.5 Å². The highest BCUT2D eigenvalue weighted by Crippen LogP contribution is 2.69. The number of rotatable bonds is 0. The highest BCUT2D eigenvalue weighted by Gasteiger charge is 2.67. The molecule has 0 spiro atoms. The summed E-state index contributed by atoms with van der Waals surface area (Å²) >= 11 is 0. The Labute approximate surface area is 128 Å². The van der Waals surface area contributed by atoms with Crippen LogP contribution in [0.1, 0.15) is 58.8 Å². The van der Waals surface area contributed by atoms with Crippen molar-refractivity contribution in [2.24, 2.45) is 29.1 Å². The van der Waals surface area contributed by atoms with E-state index in [0.29, 0.717) is 11.5 Å². The lowest BCUT2D eigenvalue weighted by Crippen LogP contribution is -2.63. The lowest BCUT2D eigenvalue weighted by Gasteiger charge is -2.64. The van der Waals surface area contributed by atoms with Crippen molar-refractivity contribution in [3.8, 4) is 0 Å². The van der Waals surface area contributed by atoms with E-state index in [1.54, 1.807) is 5.57 Å². The van der Waals surface area contributed by atoms with Crippen molar-refractivity contribution in [2.45, 2.75) is 70.5 Å². The first kappa shape index (κ1) is 12.9. The molecule has 1 saturated heterocycles. The summed E-state index contributed by atoms with van der Waals surface area (Å²) in [5.74, 6) is 3.49. The molecule has 1 heterocycles. The van der Waals surface area contributed by atoms with Crippen LogP contribution in [0.25, 0.3) is 0 Å². The molecule has 4 fully saturated rings. The summed E-state index contributed by atoms with van der Waals surface area (Å²) in [6, 6.07) is 0. The maximum Gasteiger partial charge on any atom is 0.0729 e. The van der Waals surface area contributed by atoms with Crippen molar-refractivity contribution in [1.29, 1.82) is 0 Å². The highest BCUT2D eigenvalue weighted by atomic mass is 16.5. The van der Waals surface area contributed by atoms with E-state index >= 15 is 0 Å². The first-order valence-corrected chi connectivity index (χ1v) is 9.07. The van der Waals surface area contributed by atoms with E-state index in [1.165, 1.54) is 50.5 Å². The third-order valence-electron chi connectivity index (χ3n) is 8.06. The van der Waals surface area contributed by atoms with Crippen LogP contribution in [-0.4, -0.2) is 11.7 Å². The second-order valence-electron chi connectivity index (χ2n) is 9.04. The van der Waals surface area contributed by atoms with E-state index in [4.69, 9.17) is 4.74 Å². The molecule has 7 atom stereocenters. The predicted molar refractivity (Wildman–Crippen MR) is 84.9 cm³/mol. The molecule has 5 aliphatic rings. The topological polar surface area (TPSA) is 9.23 Å². The molecule has 5 rings (SSSR count). The average Bonchev–Trinajstić information content (AvgIpc) is 2.64. The van der Waals surface area contributed by atoms with Crippen molar-refractivity contribution in [3.05, 3.63) is 23.8 Å². The molecule has 1 nitrogen and oxygen atoms in total. The fourth-order valence-corrected chi connectivity index (χ4v) is 7.25. The van der Waals surface area contributed by atoms with Crippen molar-refractivity contribution >= 4 is 0 Å². The molecule has 4 aliphatic carbocycles. The Morgan fingerprint density at radius 2 is 2.05 bits per heavy atom. The normalized spacial score (nSPS) is 57.7. The SMILES string of the molecule is C=C1C=C2CC3(C)OC4CCC5C3[C@H](CC[C@]45C)[C@H]2CC1. The van der Waals surface area contributed by atoms with Gasteiger partial charge < -0.3 is 4.74 Å². The molecule has 4 bridgehead atoms. The fourth-order valence-electron chi connectivity index (χ4n) is 7.25. The summed E-state index contributed by atoms with van der Waals surface area (Å²) in [5, 5.41) is 0. The molecule has 0 aromatic heterocycles. The third kappa shape index (κ3) is 1.47. The van der Waals surface area contributed by atoms with Gasteiger partial charge in [0.2, 0.25) is 0 Å². The van der Waals surface area contributed by atoms with Gasteiger partial charge in [0.05, 0.1) is 11.7 Å². The quantitative estimate of drug-likeness (QED) is 0.616. The monoisotopic (exact) mass is 284 g/mol. The van der Waals surface area contributed by atoms with Gasteiger partial charge in [0.25, 0.3) is 0 Å². The molecule has 21 heavy (non-hydrogen) atoms. The average molecular weight is 284 g/mol. The molecule has 4 unspecified atom stereocenters. The van der Waals surface area contributed by atoms with Gasteiger partial charge in [-0.25, -0.2) is 0 Å². The number of ether oxygens (including phenoxy) is 1. The summed E-state index contributed by atoms with van der Waals surface area (Å²) in [6.07, 6.45) is 12.3. The van der Waals surface area contributed by atoms with E-state index in [1.807, 2.05) is 0 Å². The van der Waals surface area contributed by atoms with Gasteiger partial charge in [-0.15, -0.1) is 0 Å². The van der Waals surface area contributed by atoms with Gasteiger partial charge in [0.1, 0.15) is 0 Å². The Balaban J connectivity index is 1.63. The van der Waals surface area contributed by atoms with Crippen LogP contribution in [0.15, 0.2) is 23.8 Å². The molecular weight excluding hydrogens is 256 g/mol. The minimum absolute atomic E-state index is 0.121. The molecule has 0 aromatic carbocycles. The first-order valence-electron chi connectivity index (χ1n) is 9.07. The third-order valence-corrected chi connectivity index (χ3v) is 8.06. The van der Waals surface area contributed by atoms with Crippen LogP contribution in [0.3, 0.4) is 0 Å². The van der Waals surface area contributed by atoms with Gasteiger partial charge in [-0.1, -0.05) is 30.7 Å². The van der Waals surface area contributed by atoms with Gasteiger partial charge in [-0.2, -0.15) is 0 Å². The summed E-state index contributed by atoms with van der Waals surface area (Å²) < 4.78 is 6.82. The Bertz CT molecular complexity index is 546. The van der Waals surface area contributed by atoms with Crippen molar-refractivity contribution in [2.75, 3.05) is 0 Å². The van der Waals surface area contributed by atoms with E-state index < -0.39 is 0 Å². The summed E-state index contributed by atoms with van der Waals surface area (Å²) in [6.45, 7) is 9.21. The lowest BCUT2D eigenvalue weighted by molar-refractivity contribution is -0.255. The summed E-state index contributed by atoms with van der Waals surface area (Å²) in [7, 11) is 0. The Kier molecular flexibility index (Phi) is 2.37. The molecule has 0 N–H and O–H groups in total. The zero-order valence-corrected chi connectivity index (χ0v) is 13.5. The Hall–Kier alpha value is -0.560. The molecule has 0 radical (unpaired) electrons. The molecular formula is C20H28O. The van der Waals surface area contributed by atoms with Gasteiger partial charge in [0.15, 0.2) is 0 Å². The van der Waals surface area contributed by atoms with Crippen LogP contribution in [0.4, 0.5) is 0 Å². The van der Waals surface area contributed by atoms with Gasteiger partial charge in [0, 0.05) is 0 Å². The number of allylic oxidation sites excluding steroid dienone is 2. The first-order chi connectivity index (χ1) is 10.0. The van der Waals surface area contributed by atoms with Crippen LogP contribution in [0.2, 0.25) is 0 Å². The largest absolute Gasteiger partial charge is 0.371 e. The predicted octanol–water partition coefficient (Wildman–Crippen LogP) is 4.88. The van der Waals surface area contributed by atoms with E-state index in [9.17, 15) is 0 Å². The molecule has 3 saturated carbocycles. The van der Waals surface area contributed by atoms with Crippen molar-refractivity contribution in [1.82, 2.24) is 0 Å². The van der Waals surface area contributed by atoms with Crippen LogP contribution in [-0.2, 0) is 4.74 Å².